The SMILES string of the molecule is CC(C)(C)NCc1ncnn1CCCOc1ccccc1. The smallest absolute Gasteiger partial charge is 0.140 e. The first-order chi connectivity index (χ1) is 10.0. The number of benzene rings is 1. The molecule has 0 amide bonds. The van der Waals surface area contributed by atoms with Crippen LogP contribution in [0.1, 0.15) is 33.0 Å². The summed E-state index contributed by atoms with van der Waals surface area (Å²) in [5.74, 6) is 1.87. The number of nitrogens with zero attached hydrogens (tertiary/aromatic N) is 3. The first-order valence-electron chi connectivity index (χ1n) is 7.34. The lowest BCUT2D eigenvalue weighted by Crippen LogP contribution is -2.36. The van der Waals surface area contributed by atoms with Crippen molar-refractivity contribution in [2.24, 2.45) is 0 Å². The molecule has 0 saturated carbocycles. The predicted molar refractivity (Wildman–Crippen MR) is 83.2 cm³/mol. The van der Waals surface area contributed by atoms with Crippen molar-refractivity contribution in [2.45, 2.75) is 45.8 Å². The maximum Gasteiger partial charge on any atom is 0.140 e. The van der Waals surface area contributed by atoms with Crippen molar-refractivity contribution in [1.29, 1.82) is 0 Å². The second kappa shape index (κ2) is 7.22. The van der Waals surface area contributed by atoms with Gasteiger partial charge >= 0.3 is 0 Å². The van der Waals surface area contributed by atoms with Crippen molar-refractivity contribution in [2.75, 3.05) is 6.61 Å². The molecule has 5 nitrogen and oxygen atoms in total. The predicted octanol–water partition coefficient (Wildman–Crippen LogP) is 2.64. The minimum absolute atomic E-state index is 0.0766. The van der Waals surface area contributed by atoms with Crippen LogP contribution in [0.4, 0.5) is 0 Å². The standard InChI is InChI=1S/C16H24N4O/c1-16(2,3)18-12-15-17-13-19-20(15)10-7-11-21-14-8-5-4-6-9-14/h4-6,8-9,13,18H,7,10-12H2,1-3H3. The van der Waals surface area contributed by atoms with Gasteiger partial charge in [-0.25, -0.2) is 9.67 Å². The van der Waals surface area contributed by atoms with Crippen LogP contribution in [0.25, 0.3) is 0 Å². The Morgan fingerprint density at radius 1 is 1.19 bits per heavy atom. The molecule has 114 valence electrons. The fourth-order valence-electron chi connectivity index (χ4n) is 1.88. The fraction of sp³-hybridized carbons (Fsp3) is 0.500. The number of hydrogen-bond donors (Lipinski definition) is 1. The third-order valence-electron chi connectivity index (χ3n) is 3.00. The maximum absolute atomic E-state index is 5.68. The minimum Gasteiger partial charge on any atom is -0.494 e. The van der Waals surface area contributed by atoms with E-state index >= 15 is 0 Å². The average Bonchev–Trinajstić information content (AvgIpc) is 2.89. The van der Waals surface area contributed by atoms with Crippen molar-refractivity contribution in [3.05, 3.63) is 42.5 Å². The number of aryl methyl sites for hydroxylation is 1. The quantitative estimate of drug-likeness (QED) is 0.796. The van der Waals surface area contributed by atoms with Crippen LogP contribution in [0.5, 0.6) is 5.75 Å². The lowest BCUT2D eigenvalue weighted by molar-refractivity contribution is 0.296. The molecule has 2 rings (SSSR count). The lowest BCUT2D eigenvalue weighted by atomic mass is 10.1. The molecule has 0 aliphatic rings. The van der Waals surface area contributed by atoms with Gasteiger partial charge in [-0.1, -0.05) is 18.2 Å². The lowest BCUT2D eigenvalue weighted by Gasteiger charge is -2.20. The highest BCUT2D eigenvalue weighted by Gasteiger charge is 2.11. The zero-order valence-electron chi connectivity index (χ0n) is 13.0. The number of rotatable bonds is 7. The van der Waals surface area contributed by atoms with Crippen LogP contribution in [0.2, 0.25) is 0 Å². The molecular weight excluding hydrogens is 264 g/mol. The molecule has 0 bridgehead atoms. The fourth-order valence-corrected chi connectivity index (χ4v) is 1.88. The van der Waals surface area contributed by atoms with Gasteiger partial charge in [-0.3, -0.25) is 0 Å². The molecule has 0 unspecified atom stereocenters. The first kappa shape index (κ1) is 15.5. The summed E-state index contributed by atoms with van der Waals surface area (Å²) >= 11 is 0. The van der Waals surface area contributed by atoms with Gasteiger partial charge in [-0.2, -0.15) is 5.10 Å². The molecule has 1 N–H and O–H groups in total. The summed E-state index contributed by atoms with van der Waals surface area (Å²) < 4.78 is 7.62. The molecule has 1 aromatic carbocycles. The molecule has 21 heavy (non-hydrogen) atoms. The normalized spacial score (nSPS) is 11.6. The molecular formula is C16H24N4O. The van der Waals surface area contributed by atoms with E-state index in [1.165, 1.54) is 0 Å². The third-order valence-corrected chi connectivity index (χ3v) is 3.00. The van der Waals surface area contributed by atoms with Crippen LogP contribution in [0.3, 0.4) is 0 Å². The van der Waals surface area contributed by atoms with Gasteiger partial charge in [0.15, 0.2) is 0 Å². The van der Waals surface area contributed by atoms with Gasteiger partial charge in [0.25, 0.3) is 0 Å². The Balaban J connectivity index is 1.75. The number of ether oxygens (including phenoxy) is 1. The van der Waals surface area contributed by atoms with Gasteiger partial charge in [0.1, 0.15) is 17.9 Å². The van der Waals surface area contributed by atoms with Gasteiger partial charge in [0, 0.05) is 18.5 Å². The van der Waals surface area contributed by atoms with E-state index in [1.54, 1.807) is 6.33 Å². The van der Waals surface area contributed by atoms with E-state index < -0.39 is 0 Å². The summed E-state index contributed by atoms with van der Waals surface area (Å²) in [4.78, 5) is 4.30. The van der Waals surface area contributed by atoms with E-state index in [0.717, 1.165) is 31.1 Å². The van der Waals surface area contributed by atoms with Crippen LogP contribution in [-0.4, -0.2) is 26.9 Å². The van der Waals surface area contributed by atoms with Gasteiger partial charge in [0.2, 0.25) is 0 Å². The van der Waals surface area contributed by atoms with E-state index in [9.17, 15) is 0 Å². The average molecular weight is 288 g/mol. The van der Waals surface area contributed by atoms with E-state index in [4.69, 9.17) is 4.74 Å². The van der Waals surface area contributed by atoms with E-state index in [2.05, 4.69) is 36.2 Å². The summed E-state index contributed by atoms with van der Waals surface area (Å²) in [5, 5.41) is 7.70. The molecule has 2 aromatic rings. The first-order valence-corrected chi connectivity index (χ1v) is 7.34. The summed E-state index contributed by atoms with van der Waals surface area (Å²) in [6.07, 6.45) is 2.51. The molecule has 0 radical (unpaired) electrons. The number of aromatic nitrogens is 3. The zero-order valence-corrected chi connectivity index (χ0v) is 13.0. The van der Waals surface area contributed by atoms with Crippen molar-refractivity contribution >= 4 is 0 Å². The van der Waals surface area contributed by atoms with Gasteiger partial charge in [0.05, 0.1) is 13.2 Å². The molecule has 1 heterocycles. The maximum atomic E-state index is 5.68. The Morgan fingerprint density at radius 2 is 1.95 bits per heavy atom. The molecule has 5 heteroatoms. The Kier molecular flexibility index (Phi) is 5.33. The van der Waals surface area contributed by atoms with Gasteiger partial charge < -0.3 is 10.1 Å². The van der Waals surface area contributed by atoms with Crippen molar-refractivity contribution in [1.82, 2.24) is 20.1 Å². The molecule has 1 aromatic heterocycles. The van der Waals surface area contributed by atoms with Crippen molar-refractivity contribution in [3.63, 3.8) is 0 Å². The summed E-state index contributed by atoms with van der Waals surface area (Å²) in [5.41, 5.74) is 0.0766. The second-order valence-electron chi connectivity index (χ2n) is 6.02. The molecule has 0 saturated heterocycles. The monoisotopic (exact) mass is 288 g/mol. The number of para-hydroxylation sites is 1. The summed E-state index contributed by atoms with van der Waals surface area (Å²) in [7, 11) is 0. The number of nitrogens with one attached hydrogen (secondary N) is 1. The molecule has 0 atom stereocenters. The molecule has 0 aliphatic carbocycles. The molecule has 0 fully saturated rings. The molecule has 0 aliphatic heterocycles. The van der Waals surface area contributed by atoms with Crippen molar-refractivity contribution < 1.29 is 4.74 Å². The summed E-state index contributed by atoms with van der Waals surface area (Å²) in [6.45, 7) is 8.64. The van der Waals surface area contributed by atoms with Crippen LogP contribution in [0.15, 0.2) is 36.7 Å². The Hall–Kier alpha value is -1.88. The summed E-state index contributed by atoms with van der Waals surface area (Å²) in [6, 6.07) is 9.87. The highest BCUT2D eigenvalue weighted by Crippen LogP contribution is 2.09. The van der Waals surface area contributed by atoms with E-state index in [0.29, 0.717) is 6.61 Å². The third kappa shape index (κ3) is 5.55. The topological polar surface area (TPSA) is 52.0 Å². The highest BCUT2D eigenvalue weighted by atomic mass is 16.5. The van der Waals surface area contributed by atoms with Gasteiger partial charge in [-0.05, 0) is 32.9 Å². The number of hydrogen-bond acceptors (Lipinski definition) is 4. The highest BCUT2D eigenvalue weighted by molar-refractivity contribution is 5.20. The molecule has 0 spiro atoms. The van der Waals surface area contributed by atoms with Crippen LogP contribution in [0, 0.1) is 0 Å². The van der Waals surface area contributed by atoms with Crippen LogP contribution >= 0.6 is 0 Å². The van der Waals surface area contributed by atoms with Crippen molar-refractivity contribution in [3.8, 4) is 5.75 Å². The van der Waals surface area contributed by atoms with Crippen LogP contribution < -0.4 is 10.1 Å². The van der Waals surface area contributed by atoms with Crippen LogP contribution in [-0.2, 0) is 13.1 Å². The Bertz CT molecular complexity index is 531. The zero-order chi connectivity index (χ0) is 15.1. The Morgan fingerprint density at radius 3 is 2.67 bits per heavy atom. The minimum atomic E-state index is 0.0766. The van der Waals surface area contributed by atoms with E-state index in [1.807, 2.05) is 35.0 Å². The van der Waals surface area contributed by atoms with Gasteiger partial charge in [-0.15, -0.1) is 0 Å². The Labute approximate surface area is 126 Å². The largest absolute Gasteiger partial charge is 0.494 e. The second-order valence-corrected chi connectivity index (χ2v) is 6.02. The van der Waals surface area contributed by atoms with E-state index in [-0.39, 0.29) is 5.54 Å².